The van der Waals surface area contributed by atoms with Crippen LogP contribution in [0.1, 0.15) is 24.8 Å². The number of carbonyl (C=O) groups is 2. The predicted molar refractivity (Wildman–Crippen MR) is 112 cm³/mol. The number of benzene rings is 1. The first-order valence-corrected chi connectivity index (χ1v) is 10.2. The summed E-state index contributed by atoms with van der Waals surface area (Å²) in [5.41, 5.74) is 1.21. The van der Waals surface area contributed by atoms with E-state index >= 15 is 0 Å². The van der Waals surface area contributed by atoms with Gasteiger partial charge in [-0.3, -0.25) is 9.59 Å². The largest absolute Gasteiger partial charge is 0.469 e. The summed E-state index contributed by atoms with van der Waals surface area (Å²) in [6.07, 6.45) is 4.55. The van der Waals surface area contributed by atoms with Crippen LogP contribution in [0.3, 0.4) is 0 Å². The number of ether oxygens (including phenoxy) is 1. The lowest BCUT2D eigenvalue weighted by Gasteiger charge is -2.39. The highest BCUT2D eigenvalue weighted by Gasteiger charge is 2.49. The predicted octanol–water partition coefficient (Wildman–Crippen LogP) is 3.47. The summed E-state index contributed by atoms with van der Waals surface area (Å²) in [5.74, 6) is 0.701. The minimum Gasteiger partial charge on any atom is -0.469 e. The summed E-state index contributed by atoms with van der Waals surface area (Å²) in [4.78, 5) is 33.4. The van der Waals surface area contributed by atoms with Crippen LogP contribution in [0.5, 0.6) is 0 Å². The Hall–Kier alpha value is -2.60. The van der Waals surface area contributed by atoms with Gasteiger partial charge in [0.25, 0.3) is 0 Å². The quantitative estimate of drug-likeness (QED) is 0.718. The fourth-order valence-corrected chi connectivity index (χ4v) is 4.61. The van der Waals surface area contributed by atoms with E-state index in [-0.39, 0.29) is 18.3 Å². The molecule has 2 saturated heterocycles. The molecule has 2 fully saturated rings. The van der Waals surface area contributed by atoms with E-state index in [0.29, 0.717) is 18.1 Å². The van der Waals surface area contributed by atoms with Crippen molar-refractivity contribution in [2.75, 3.05) is 36.5 Å². The molecular weight excluding hydrogens is 390 g/mol. The number of halogens is 1. The van der Waals surface area contributed by atoms with E-state index in [9.17, 15) is 9.59 Å². The van der Waals surface area contributed by atoms with Crippen LogP contribution in [0.15, 0.2) is 42.6 Å². The number of carbonyl (C=O) groups excluding carboxylic acids is 2. The summed E-state index contributed by atoms with van der Waals surface area (Å²) in [7, 11) is 1.38. The van der Waals surface area contributed by atoms with Crippen molar-refractivity contribution < 1.29 is 14.3 Å². The summed E-state index contributed by atoms with van der Waals surface area (Å²) in [6.45, 7) is 2.20. The number of para-hydroxylation sites is 1. The van der Waals surface area contributed by atoms with Gasteiger partial charge >= 0.3 is 5.97 Å². The van der Waals surface area contributed by atoms with Gasteiger partial charge in [-0.2, -0.15) is 0 Å². The Morgan fingerprint density at radius 2 is 2.03 bits per heavy atom. The standard InChI is InChI=1S/C22H24ClN3O3/c1-29-20(27)13-16-7-8-19(24-14-16)25-11-4-9-22(15-25)10-12-26(21(22)28)18-6-3-2-5-17(18)23/h2-3,5-8,14H,4,9-13,15H2,1H3/t22-/m0/s1. The molecular formula is C22H24ClN3O3. The molecule has 1 amide bonds. The average Bonchev–Trinajstić information content (AvgIpc) is 3.04. The molecule has 2 aliphatic rings. The molecule has 1 aromatic heterocycles. The number of pyridine rings is 1. The van der Waals surface area contributed by atoms with Crippen molar-refractivity contribution >= 4 is 35.0 Å². The molecule has 0 unspecified atom stereocenters. The average molecular weight is 414 g/mol. The van der Waals surface area contributed by atoms with Gasteiger partial charge in [-0.05, 0) is 43.0 Å². The summed E-state index contributed by atoms with van der Waals surface area (Å²) >= 11 is 6.34. The van der Waals surface area contributed by atoms with Crippen molar-refractivity contribution in [1.82, 2.24) is 4.98 Å². The van der Waals surface area contributed by atoms with E-state index in [1.54, 1.807) is 6.20 Å². The Bertz CT molecular complexity index is 918. The van der Waals surface area contributed by atoms with E-state index < -0.39 is 5.41 Å². The van der Waals surface area contributed by atoms with Gasteiger partial charge in [0.15, 0.2) is 0 Å². The van der Waals surface area contributed by atoms with E-state index in [4.69, 9.17) is 16.3 Å². The van der Waals surface area contributed by atoms with Gasteiger partial charge in [-0.1, -0.05) is 29.8 Å². The van der Waals surface area contributed by atoms with Crippen LogP contribution in [0, 0.1) is 5.41 Å². The van der Waals surface area contributed by atoms with Crippen LogP contribution in [-0.4, -0.2) is 43.6 Å². The normalized spacial score (nSPS) is 21.7. The number of anilines is 2. The molecule has 1 atom stereocenters. The van der Waals surface area contributed by atoms with Gasteiger partial charge in [0, 0.05) is 25.8 Å². The number of methoxy groups -OCH3 is 1. The van der Waals surface area contributed by atoms with Gasteiger partial charge in [-0.15, -0.1) is 0 Å². The second-order valence-electron chi connectivity index (χ2n) is 7.74. The number of rotatable bonds is 4. The SMILES string of the molecule is COC(=O)Cc1ccc(N2CCC[C@]3(CCN(c4ccccc4Cl)C3=O)C2)nc1. The molecule has 0 aliphatic carbocycles. The molecule has 152 valence electrons. The number of nitrogens with zero attached hydrogens (tertiary/aromatic N) is 3. The fourth-order valence-electron chi connectivity index (χ4n) is 4.37. The molecule has 7 heteroatoms. The first kappa shape index (κ1) is 19.7. The van der Waals surface area contributed by atoms with Gasteiger partial charge in [0.2, 0.25) is 5.91 Å². The number of aromatic nitrogens is 1. The monoisotopic (exact) mass is 413 g/mol. The van der Waals surface area contributed by atoms with Crippen LogP contribution < -0.4 is 9.80 Å². The zero-order valence-corrected chi connectivity index (χ0v) is 17.2. The number of esters is 1. The Morgan fingerprint density at radius 1 is 1.21 bits per heavy atom. The molecule has 4 rings (SSSR count). The molecule has 1 spiro atoms. The lowest BCUT2D eigenvalue weighted by molar-refractivity contribution is -0.139. The zero-order chi connectivity index (χ0) is 20.4. The van der Waals surface area contributed by atoms with Gasteiger partial charge in [0.1, 0.15) is 5.82 Å². The smallest absolute Gasteiger partial charge is 0.310 e. The summed E-state index contributed by atoms with van der Waals surface area (Å²) < 4.78 is 4.70. The van der Waals surface area contributed by atoms with Crippen molar-refractivity contribution in [3.63, 3.8) is 0 Å². The van der Waals surface area contributed by atoms with Gasteiger partial charge < -0.3 is 14.5 Å². The third-order valence-electron chi connectivity index (χ3n) is 5.94. The third kappa shape index (κ3) is 3.81. The highest BCUT2D eigenvalue weighted by Crippen LogP contribution is 2.43. The maximum Gasteiger partial charge on any atom is 0.310 e. The first-order valence-electron chi connectivity index (χ1n) is 9.86. The molecule has 1 aromatic carbocycles. The fraction of sp³-hybridized carbons (Fsp3) is 0.409. The van der Waals surface area contributed by atoms with Crippen molar-refractivity contribution in [2.24, 2.45) is 5.41 Å². The zero-order valence-electron chi connectivity index (χ0n) is 16.4. The summed E-state index contributed by atoms with van der Waals surface area (Å²) in [5, 5.41) is 0.605. The van der Waals surface area contributed by atoms with Crippen LogP contribution in [0.2, 0.25) is 5.02 Å². The maximum absolute atomic E-state index is 13.4. The number of amides is 1. The number of hydrogen-bond acceptors (Lipinski definition) is 5. The van der Waals surface area contributed by atoms with Crippen LogP contribution in [0.4, 0.5) is 11.5 Å². The number of hydrogen-bond donors (Lipinski definition) is 0. The van der Waals surface area contributed by atoms with Crippen molar-refractivity contribution in [3.8, 4) is 0 Å². The van der Waals surface area contributed by atoms with E-state index in [1.165, 1.54) is 7.11 Å². The lowest BCUT2D eigenvalue weighted by Crippen LogP contribution is -2.48. The van der Waals surface area contributed by atoms with Crippen molar-refractivity contribution in [3.05, 3.63) is 53.2 Å². The van der Waals surface area contributed by atoms with Crippen molar-refractivity contribution in [1.29, 1.82) is 0 Å². The minimum atomic E-state index is -0.399. The molecule has 3 heterocycles. The van der Waals surface area contributed by atoms with Gasteiger partial charge in [0.05, 0.1) is 29.7 Å². The van der Waals surface area contributed by atoms with E-state index in [0.717, 1.165) is 42.9 Å². The first-order chi connectivity index (χ1) is 14.0. The Kier molecular flexibility index (Phi) is 5.46. The second-order valence-corrected chi connectivity index (χ2v) is 8.15. The molecule has 2 aromatic rings. The van der Waals surface area contributed by atoms with Crippen LogP contribution in [0.25, 0.3) is 0 Å². The molecule has 6 nitrogen and oxygen atoms in total. The molecule has 0 bridgehead atoms. The third-order valence-corrected chi connectivity index (χ3v) is 6.26. The highest BCUT2D eigenvalue weighted by atomic mass is 35.5. The second kappa shape index (κ2) is 8.03. The molecule has 0 radical (unpaired) electrons. The van der Waals surface area contributed by atoms with Crippen LogP contribution >= 0.6 is 11.6 Å². The lowest BCUT2D eigenvalue weighted by atomic mass is 9.78. The Morgan fingerprint density at radius 3 is 2.76 bits per heavy atom. The minimum absolute atomic E-state index is 0.151. The van der Waals surface area contributed by atoms with Gasteiger partial charge in [-0.25, -0.2) is 4.98 Å². The topological polar surface area (TPSA) is 62.7 Å². The molecule has 0 saturated carbocycles. The molecule has 0 N–H and O–H groups in total. The summed E-state index contributed by atoms with van der Waals surface area (Å²) in [6, 6.07) is 11.3. The Balaban J connectivity index is 1.50. The highest BCUT2D eigenvalue weighted by molar-refractivity contribution is 6.34. The maximum atomic E-state index is 13.4. The number of piperidine rings is 1. The molecule has 2 aliphatic heterocycles. The van der Waals surface area contributed by atoms with E-state index in [1.807, 2.05) is 41.3 Å². The van der Waals surface area contributed by atoms with Crippen molar-refractivity contribution in [2.45, 2.75) is 25.7 Å². The Labute approximate surface area is 175 Å². The van der Waals surface area contributed by atoms with E-state index in [2.05, 4.69) is 9.88 Å². The molecule has 29 heavy (non-hydrogen) atoms. The van der Waals surface area contributed by atoms with Crippen LogP contribution in [-0.2, 0) is 20.7 Å².